The maximum absolute atomic E-state index is 12.6. The number of hydrogen-bond acceptors (Lipinski definition) is 2. The lowest BCUT2D eigenvalue weighted by Crippen LogP contribution is -2.07. The Bertz CT molecular complexity index is 624. The maximum Gasteiger partial charge on any atom is 0.196 e. The normalized spacial score (nSPS) is 10.7. The molecule has 3 nitrogen and oxygen atoms in total. The Labute approximate surface area is 107 Å². The van der Waals surface area contributed by atoms with E-state index in [1.165, 1.54) is 5.56 Å². The van der Waals surface area contributed by atoms with Gasteiger partial charge >= 0.3 is 0 Å². The number of carbonyl (C=O) groups is 1. The van der Waals surface area contributed by atoms with Crippen molar-refractivity contribution in [1.82, 2.24) is 9.78 Å². The van der Waals surface area contributed by atoms with Gasteiger partial charge in [0.1, 0.15) is 0 Å². The molecule has 0 fully saturated rings. The molecule has 0 amide bonds. The fourth-order valence-electron chi connectivity index (χ4n) is 2.31. The van der Waals surface area contributed by atoms with Crippen molar-refractivity contribution in [2.75, 3.05) is 0 Å². The van der Waals surface area contributed by atoms with Crippen LogP contribution in [0, 0.1) is 27.7 Å². The van der Waals surface area contributed by atoms with Gasteiger partial charge in [0.15, 0.2) is 5.78 Å². The highest BCUT2D eigenvalue weighted by Crippen LogP contribution is 2.20. The minimum Gasteiger partial charge on any atom is -0.288 e. The zero-order chi connectivity index (χ0) is 13.4. The van der Waals surface area contributed by atoms with Crippen LogP contribution in [0.25, 0.3) is 0 Å². The molecule has 0 aliphatic heterocycles. The Morgan fingerprint density at radius 1 is 1.17 bits per heavy atom. The highest BCUT2D eigenvalue weighted by atomic mass is 16.1. The molecule has 3 heteroatoms. The lowest BCUT2D eigenvalue weighted by molar-refractivity contribution is 0.103. The first-order valence-corrected chi connectivity index (χ1v) is 6.04. The number of aryl methyl sites for hydroxylation is 4. The van der Waals surface area contributed by atoms with Gasteiger partial charge in [0.05, 0.1) is 11.3 Å². The van der Waals surface area contributed by atoms with Crippen LogP contribution < -0.4 is 0 Å². The van der Waals surface area contributed by atoms with E-state index in [9.17, 15) is 4.79 Å². The summed E-state index contributed by atoms with van der Waals surface area (Å²) in [7, 11) is 1.86. The molecule has 94 valence electrons. The van der Waals surface area contributed by atoms with Gasteiger partial charge in [-0.2, -0.15) is 5.10 Å². The van der Waals surface area contributed by atoms with Crippen LogP contribution in [0.4, 0.5) is 0 Å². The highest BCUT2D eigenvalue weighted by Gasteiger charge is 2.20. The number of ketones is 1. The van der Waals surface area contributed by atoms with Crippen LogP contribution in [0.15, 0.2) is 18.2 Å². The van der Waals surface area contributed by atoms with Crippen molar-refractivity contribution in [3.05, 3.63) is 51.8 Å². The highest BCUT2D eigenvalue weighted by molar-refractivity contribution is 6.11. The van der Waals surface area contributed by atoms with Crippen molar-refractivity contribution in [3.8, 4) is 0 Å². The minimum absolute atomic E-state index is 0.0654. The van der Waals surface area contributed by atoms with Crippen LogP contribution in [-0.2, 0) is 7.05 Å². The Kier molecular flexibility index (Phi) is 3.07. The van der Waals surface area contributed by atoms with E-state index in [-0.39, 0.29) is 5.78 Å². The summed E-state index contributed by atoms with van der Waals surface area (Å²) in [4.78, 5) is 12.6. The fourth-order valence-corrected chi connectivity index (χ4v) is 2.31. The molecule has 2 aromatic rings. The molecule has 0 atom stereocenters. The summed E-state index contributed by atoms with van der Waals surface area (Å²) < 4.78 is 1.76. The second-order valence-electron chi connectivity index (χ2n) is 4.82. The number of rotatable bonds is 2. The quantitative estimate of drug-likeness (QED) is 0.759. The van der Waals surface area contributed by atoms with Crippen molar-refractivity contribution in [2.45, 2.75) is 27.7 Å². The topological polar surface area (TPSA) is 34.9 Å². The third-order valence-corrected chi connectivity index (χ3v) is 3.36. The van der Waals surface area contributed by atoms with E-state index in [2.05, 4.69) is 5.10 Å². The molecule has 0 saturated carbocycles. The molecule has 0 aliphatic carbocycles. The fraction of sp³-hybridized carbons (Fsp3) is 0.333. The predicted molar refractivity (Wildman–Crippen MR) is 72.0 cm³/mol. The summed E-state index contributed by atoms with van der Waals surface area (Å²) in [6.07, 6.45) is 0. The summed E-state index contributed by atoms with van der Waals surface area (Å²) in [5, 5.41) is 4.30. The van der Waals surface area contributed by atoms with Gasteiger partial charge in [0, 0.05) is 18.3 Å². The zero-order valence-corrected chi connectivity index (χ0v) is 11.5. The lowest BCUT2D eigenvalue weighted by atomic mass is 9.96. The third kappa shape index (κ3) is 1.96. The largest absolute Gasteiger partial charge is 0.288 e. The monoisotopic (exact) mass is 242 g/mol. The molecule has 1 heterocycles. The number of carbonyl (C=O) groups excluding carboxylic acids is 1. The Hall–Kier alpha value is -1.90. The molecule has 0 aliphatic rings. The molecular weight excluding hydrogens is 224 g/mol. The van der Waals surface area contributed by atoms with Crippen LogP contribution in [0.3, 0.4) is 0 Å². The molecule has 1 aromatic heterocycles. The molecular formula is C15H18N2O. The number of hydrogen-bond donors (Lipinski definition) is 0. The number of benzene rings is 1. The first-order chi connectivity index (χ1) is 8.41. The van der Waals surface area contributed by atoms with Crippen molar-refractivity contribution >= 4 is 5.78 Å². The van der Waals surface area contributed by atoms with Gasteiger partial charge in [-0.05, 0) is 33.3 Å². The molecule has 18 heavy (non-hydrogen) atoms. The van der Waals surface area contributed by atoms with Gasteiger partial charge in [0.2, 0.25) is 0 Å². The summed E-state index contributed by atoms with van der Waals surface area (Å²) >= 11 is 0. The summed E-state index contributed by atoms with van der Waals surface area (Å²) in [5.41, 5.74) is 5.38. The molecule has 0 unspecified atom stereocenters. The second kappa shape index (κ2) is 4.41. The molecule has 0 N–H and O–H groups in total. The van der Waals surface area contributed by atoms with Gasteiger partial charge in [-0.15, -0.1) is 0 Å². The lowest BCUT2D eigenvalue weighted by Gasteiger charge is -2.06. The molecule has 1 aromatic carbocycles. The smallest absolute Gasteiger partial charge is 0.196 e. The van der Waals surface area contributed by atoms with Gasteiger partial charge in [0.25, 0.3) is 0 Å². The standard InChI is InChI=1S/C15H18N2O/c1-9-6-7-13(10(2)8-9)15(18)14-11(3)16-17(5)12(14)4/h6-8H,1-5H3. The molecule has 0 radical (unpaired) electrons. The van der Waals surface area contributed by atoms with Gasteiger partial charge in [-0.3, -0.25) is 9.48 Å². The third-order valence-electron chi connectivity index (χ3n) is 3.36. The van der Waals surface area contributed by atoms with E-state index in [0.29, 0.717) is 0 Å². The minimum atomic E-state index is 0.0654. The molecule has 0 spiro atoms. The first-order valence-electron chi connectivity index (χ1n) is 6.04. The van der Waals surface area contributed by atoms with Crippen LogP contribution in [0.1, 0.15) is 38.4 Å². The SMILES string of the molecule is Cc1ccc(C(=O)c2c(C)nn(C)c2C)c(C)c1. The molecule has 0 saturated heterocycles. The maximum atomic E-state index is 12.6. The van der Waals surface area contributed by atoms with Crippen molar-refractivity contribution in [1.29, 1.82) is 0 Å². The molecule has 0 bridgehead atoms. The first kappa shape index (κ1) is 12.6. The van der Waals surface area contributed by atoms with E-state index in [4.69, 9.17) is 0 Å². The Balaban J connectivity index is 2.55. The van der Waals surface area contributed by atoms with Crippen LogP contribution in [0.2, 0.25) is 0 Å². The van der Waals surface area contributed by atoms with Gasteiger partial charge in [-0.25, -0.2) is 0 Å². The molecule has 2 rings (SSSR count). The van der Waals surface area contributed by atoms with Gasteiger partial charge < -0.3 is 0 Å². The van der Waals surface area contributed by atoms with E-state index >= 15 is 0 Å². The number of aromatic nitrogens is 2. The Morgan fingerprint density at radius 3 is 2.33 bits per heavy atom. The van der Waals surface area contributed by atoms with E-state index in [1.54, 1.807) is 4.68 Å². The average molecular weight is 242 g/mol. The van der Waals surface area contributed by atoms with E-state index < -0.39 is 0 Å². The summed E-state index contributed by atoms with van der Waals surface area (Å²) in [6.45, 7) is 7.81. The zero-order valence-electron chi connectivity index (χ0n) is 11.5. The van der Waals surface area contributed by atoms with Crippen molar-refractivity contribution in [3.63, 3.8) is 0 Å². The number of nitrogens with zero attached hydrogens (tertiary/aromatic N) is 2. The average Bonchev–Trinajstić information content (AvgIpc) is 2.52. The van der Waals surface area contributed by atoms with E-state index in [0.717, 1.165) is 28.1 Å². The van der Waals surface area contributed by atoms with Crippen LogP contribution >= 0.6 is 0 Å². The van der Waals surface area contributed by atoms with Crippen molar-refractivity contribution in [2.24, 2.45) is 7.05 Å². The predicted octanol–water partition coefficient (Wildman–Crippen LogP) is 2.88. The summed E-state index contributed by atoms with van der Waals surface area (Å²) in [5.74, 6) is 0.0654. The van der Waals surface area contributed by atoms with Crippen molar-refractivity contribution < 1.29 is 4.79 Å². The summed E-state index contributed by atoms with van der Waals surface area (Å²) in [6, 6.07) is 5.91. The van der Waals surface area contributed by atoms with E-state index in [1.807, 2.05) is 52.9 Å². The van der Waals surface area contributed by atoms with Gasteiger partial charge in [-0.1, -0.05) is 23.8 Å². The van der Waals surface area contributed by atoms with Crippen LogP contribution in [0.5, 0.6) is 0 Å². The second-order valence-corrected chi connectivity index (χ2v) is 4.82. The van der Waals surface area contributed by atoms with Crippen LogP contribution in [-0.4, -0.2) is 15.6 Å². The Morgan fingerprint density at radius 2 is 1.83 bits per heavy atom.